The van der Waals surface area contributed by atoms with Crippen molar-refractivity contribution in [1.82, 2.24) is 4.90 Å². The molecule has 1 aliphatic rings. The van der Waals surface area contributed by atoms with E-state index < -0.39 is 0 Å². The van der Waals surface area contributed by atoms with Crippen molar-refractivity contribution < 1.29 is 14.2 Å². The Hall–Kier alpha value is -1.56. The van der Waals surface area contributed by atoms with Crippen molar-refractivity contribution in [3.8, 4) is 11.5 Å². The van der Waals surface area contributed by atoms with Gasteiger partial charge in [-0.25, -0.2) is 0 Å². The summed E-state index contributed by atoms with van der Waals surface area (Å²) in [6.07, 6.45) is 0.107. The molecule has 0 amide bonds. The fraction of sp³-hybridized carbons (Fsp3) is 0.368. The van der Waals surface area contributed by atoms with E-state index in [0.717, 1.165) is 47.8 Å². The average Bonchev–Trinajstić information content (AvgIpc) is 2.63. The molecule has 0 unspecified atom stereocenters. The number of halogens is 1. The minimum Gasteiger partial charge on any atom is -0.497 e. The van der Waals surface area contributed by atoms with Gasteiger partial charge in [0.15, 0.2) is 0 Å². The third kappa shape index (κ3) is 4.09. The summed E-state index contributed by atoms with van der Waals surface area (Å²) in [5.74, 6) is 1.67. The van der Waals surface area contributed by atoms with Crippen LogP contribution < -0.4 is 9.47 Å². The molecule has 1 fully saturated rings. The van der Waals surface area contributed by atoms with Gasteiger partial charge in [-0.2, -0.15) is 0 Å². The molecule has 0 aromatic heterocycles. The summed E-state index contributed by atoms with van der Waals surface area (Å²) in [5.41, 5.74) is 2.37. The Morgan fingerprint density at radius 2 is 1.92 bits per heavy atom. The summed E-state index contributed by atoms with van der Waals surface area (Å²) in [7, 11) is 3.36. The van der Waals surface area contributed by atoms with Crippen LogP contribution in [0, 0.1) is 0 Å². The topological polar surface area (TPSA) is 30.9 Å². The lowest BCUT2D eigenvalue weighted by molar-refractivity contribution is -0.0331. The van der Waals surface area contributed by atoms with Crippen LogP contribution in [0.5, 0.6) is 11.5 Å². The van der Waals surface area contributed by atoms with Gasteiger partial charge in [0, 0.05) is 35.7 Å². The first-order valence-electron chi connectivity index (χ1n) is 8.00. The van der Waals surface area contributed by atoms with Gasteiger partial charge in [-0.15, -0.1) is 0 Å². The zero-order valence-corrected chi connectivity index (χ0v) is 15.6. The second-order valence-electron chi connectivity index (χ2n) is 5.82. The Bertz CT molecular complexity index is 675. The Balaban J connectivity index is 1.70. The lowest BCUT2D eigenvalue weighted by Gasteiger charge is -2.33. The fourth-order valence-corrected chi connectivity index (χ4v) is 3.21. The molecule has 1 atom stereocenters. The van der Waals surface area contributed by atoms with E-state index in [2.05, 4.69) is 51.2 Å². The quantitative estimate of drug-likeness (QED) is 0.769. The molecule has 0 spiro atoms. The summed E-state index contributed by atoms with van der Waals surface area (Å²) >= 11 is 3.48. The van der Waals surface area contributed by atoms with Crippen LogP contribution in [0.1, 0.15) is 17.2 Å². The Morgan fingerprint density at radius 3 is 2.62 bits per heavy atom. The molecule has 0 saturated carbocycles. The third-order valence-corrected chi connectivity index (χ3v) is 4.81. The number of morpholine rings is 1. The first-order valence-corrected chi connectivity index (χ1v) is 8.79. The molecule has 5 heteroatoms. The Kier molecular flexibility index (Phi) is 5.76. The summed E-state index contributed by atoms with van der Waals surface area (Å²) in [4.78, 5) is 2.40. The lowest BCUT2D eigenvalue weighted by atomic mass is 10.1. The molecule has 2 aromatic carbocycles. The Morgan fingerprint density at radius 1 is 1.12 bits per heavy atom. The van der Waals surface area contributed by atoms with E-state index in [1.54, 1.807) is 14.2 Å². The van der Waals surface area contributed by atoms with Crippen molar-refractivity contribution in [1.29, 1.82) is 0 Å². The highest BCUT2D eigenvalue weighted by Gasteiger charge is 2.22. The van der Waals surface area contributed by atoms with Crippen LogP contribution in [0.2, 0.25) is 0 Å². The van der Waals surface area contributed by atoms with Crippen molar-refractivity contribution in [3.63, 3.8) is 0 Å². The number of methoxy groups -OCH3 is 2. The van der Waals surface area contributed by atoms with Gasteiger partial charge < -0.3 is 14.2 Å². The molecule has 0 radical (unpaired) electrons. The van der Waals surface area contributed by atoms with Gasteiger partial charge in [0.25, 0.3) is 0 Å². The van der Waals surface area contributed by atoms with Crippen LogP contribution in [-0.4, -0.2) is 38.8 Å². The van der Waals surface area contributed by atoms with Crippen LogP contribution >= 0.6 is 15.9 Å². The van der Waals surface area contributed by atoms with E-state index in [-0.39, 0.29) is 6.10 Å². The van der Waals surface area contributed by atoms with Gasteiger partial charge >= 0.3 is 0 Å². The van der Waals surface area contributed by atoms with Crippen LogP contribution in [0.3, 0.4) is 0 Å². The van der Waals surface area contributed by atoms with Crippen LogP contribution in [0.4, 0.5) is 0 Å². The predicted molar refractivity (Wildman–Crippen MR) is 97.7 cm³/mol. The maximum Gasteiger partial charge on any atom is 0.127 e. The number of rotatable bonds is 5. The summed E-state index contributed by atoms with van der Waals surface area (Å²) in [6, 6.07) is 14.3. The van der Waals surface area contributed by atoms with Crippen molar-refractivity contribution in [2.45, 2.75) is 12.6 Å². The minimum atomic E-state index is 0.107. The molecule has 3 rings (SSSR count). The highest BCUT2D eigenvalue weighted by atomic mass is 79.9. The largest absolute Gasteiger partial charge is 0.497 e. The number of hydrogen-bond donors (Lipinski definition) is 0. The maximum absolute atomic E-state index is 5.96. The zero-order valence-electron chi connectivity index (χ0n) is 14.0. The summed E-state index contributed by atoms with van der Waals surface area (Å²) in [5, 5.41) is 0. The minimum absolute atomic E-state index is 0.107. The highest BCUT2D eigenvalue weighted by Crippen LogP contribution is 2.28. The monoisotopic (exact) mass is 391 g/mol. The van der Waals surface area contributed by atoms with Crippen molar-refractivity contribution in [2.75, 3.05) is 33.9 Å². The maximum atomic E-state index is 5.96. The third-order valence-electron chi connectivity index (χ3n) is 4.28. The Labute approximate surface area is 151 Å². The van der Waals surface area contributed by atoms with Gasteiger partial charge in [0.05, 0.1) is 26.9 Å². The normalized spacial score (nSPS) is 18.4. The predicted octanol–water partition coefficient (Wildman–Crippen LogP) is 4.04. The number of hydrogen-bond acceptors (Lipinski definition) is 4. The van der Waals surface area contributed by atoms with E-state index in [1.165, 1.54) is 5.56 Å². The first kappa shape index (κ1) is 17.3. The smallest absolute Gasteiger partial charge is 0.127 e. The van der Waals surface area contributed by atoms with Crippen molar-refractivity contribution in [3.05, 3.63) is 58.1 Å². The molecule has 1 saturated heterocycles. The number of nitrogens with zero attached hydrogens (tertiary/aromatic N) is 1. The van der Waals surface area contributed by atoms with Crippen molar-refractivity contribution in [2.24, 2.45) is 0 Å². The second-order valence-corrected chi connectivity index (χ2v) is 6.74. The molecule has 0 bridgehead atoms. The lowest BCUT2D eigenvalue weighted by Crippen LogP contribution is -2.37. The summed E-state index contributed by atoms with van der Waals surface area (Å²) in [6.45, 7) is 3.36. The van der Waals surface area contributed by atoms with Crippen molar-refractivity contribution >= 4 is 15.9 Å². The van der Waals surface area contributed by atoms with E-state index in [9.17, 15) is 0 Å². The molecule has 1 heterocycles. The van der Waals surface area contributed by atoms with Crippen LogP contribution in [-0.2, 0) is 11.3 Å². The molecule has 4 nitrogen and oxygen atoms in total. The van der Waals surface area contributed by atoms with Gasteiger partial charge in [-0.1, -0.05) is 34.1 Å². The molecule has 0 aliphatic carbocycles. The SMILES string of the molecule is COc1ccc(CN2CCO[C@@H](c3ccc(Br)cc3)C2)c(OC)c1. The summed E-state index contributed by atoms with van der Waals surface area (Å²) < 4.78 is 17.8. The van der Waals surface area contributed by atoms with E-state index in [1.807, 2.05) is 12.1 Å². The van der Waals surface area contributed by atoms with Gasteiger partial charge in [-0.3, -0.25) is 4.90 Å². The van der Waals surface area contributed by atoms with E-state index in [4.69, 9.17) is 14.2 Å². The van der Waals surface area contributed by atoms with Crippen LogP contribution in [0.25, 0.3) is 0 Å². The molecule has 2 aromatic rings. The van der Waals surface area contributed by atoms with Gasteiger partial charge in [0.1, 0.15) is 11.5 Å². The molecule has 24 heavy (non-hydrogen) atoms. The van der Waals surface area contributed by atoms with Gasteiger partial charge in [-0.05, 0) is 23.8 Å². The second kappa shape index (κ2) is 8.01. The van der Waals surface area contributed by atoms with E-state index >= 15 is 0 Å². The average molecular weight is 392 g/mol. The molecule has 128 valence electrons. The first-order chi connectivity index (χ1) is 11.7. The standard InChI is InChI=1S/C19H22BrNO3/c1-22-17-8-5-15(18(11-17)23-2)12-21-9-10-24-19(13-21)14-3-6-16(20)7-4-14/h3-8,11,19H,9-10,12-13H2,1-2H3/t19-/m1/s1. The molecular weight excluding hydrogens is 370 g/mol. The zero-order chi connectivity index (χ0) is 16.9. The highest BCUT2D eigenvalue weighted by molar-refractivity contribution is 9.10. The molecule has 0 N–H and O–H groups in total. The number of benzene rings is 2. The van der Waals surface area contributed by atoms with E-state index in [0.29, 0.717) is 0 Å². The van der Waals surface area contributed by atoms with Crippen LogP contribution in [0.15, 0.2) is 46.9 Å². The number of ether oxygens (including phenoxy) is 3. The molecule has 1 aliphatic heterocycles. The van der Waals surface area contributed by atoms with Gasteiger partial charge in [0.2, 0.25) is 0 Å². The molecular formula is C19H22BrNO3. The fourth-order valence-electron chi connectivity index (χ4n) is 2.95.